The first-order valence-electron chi connectivity index (χ1n) is 9.35. The first kappa shape index (κ1) is 20.6. The number of hydrogen-bond acceptors (Lipinski definition) is 6. The molecular formula is C22H17F2N3O4. The average Bonchev–Trinajstić information content (AvgIpc) is 2.77. The van der Waals surface area contributed by atoms with Gasteiger partial charge < -0.3 is 10.2 Å². The molecule has 0 unspecified atom stereocenters. The van der Waals surface area contributed by atoms with Gasteiger partial charge in [-0.25, -0.2) is 8.78 Å². The van der Waals surface area contributed by atoms with E-state index in [1.165, 1.54) is 18.3 Å². The molecule has 1 aliphatic heterocycles. The Labute approximate surface area is 175 Å². The van der Waals surface area contributed by atoms with Crippen LogP contribution in [-0.4, -0.2) is 52.4 Å². The zero-order valence-electron chi connectivity index (χ0n) is 16.0. The molecule has 9 heteroatoms. The number of aliphatic hydroxyl groups is 2. The lowest BCUT2D eigenvalue weighted by Gasteiger charge is -2.32. The molecule has 0 saturated carbocycles. The van der Waals surface area contributed by atoms with E-state index in [1.54, 1.807) is 24.3 Å². The number of aliphatic hydroxyl groups excluding tert-OH is 2. The number of carbonyl (C=O) groups excluding carboxylic acids is 2. The summed E-state index contributed by atoms with van der Waals surface area (Å²) in [6.07, 6.45) is 1.19. The van der Waals surface area contributed by atoms with Crippen LogP contribution in [0.15, 0.2) is 53.6 Å². The summed E-state index contributed by atoms with van der Waals surface area (Å²) in [6.45, 7) is -1.12. The number of hydrogen-bond donors (Lipinski definition) is 3. The van der Waals surface area contributed by atoms with E-state index >= 15 is 0 Å². The van der Waals surface area contributed by atoms with Gasteiger partial charge in [-0.2, -0.15) is 5.10 Å². The van der Waals surface area contributed by atoms with E-state index in [2.05, 4.69) is 10.5 Å². The van der Waals surface area contributed by atoms with Crippen LogP contribution < -0.4 is 5.43 Å². The van der Waals surface area contributed by atoms with Gasteiger partial charge in [0.2, 0.25) is 0 Å². The molecule has 3 aromatic carbocycles. The molecule has 3 aromatic rings. The van der Waals surface area contributed by atoms with Gasteiger partial charge in [0.25, 0.3) is 11.8 Å². The molecule has 31 heavy (non-hydrogen) atoms. The van der Waals surface area contributed by atoms with Gasteiger partial charge in [0.15, 0.2) is 0 Å². The first-order chi connectivity index (χ1) is 15.0. The fourth-order valence-electron chi connectivity index (χ4n) is 3.54. The maximum Gasteiger partial charge on any atom is 0.261 e. The van der Waals surface area contributed by atoms with E-state index in [1.807, 2.05) is 0 Å². The number of halogens is 2. The minimum Gasteiger partial charge on any atom is -0.394 e. The van der Waals surface area contributed by atoms with Gasteiger partial charge in [0.05, 0.1) is 31.2 Å². The van der Waals surface area contributed by atoms with E-state index in [0.29, 0.717) is 16.5 Å². The average molecular weight is 425 g/mol. The highest BCUT2D eigenvalue weighted by molar-refractivity contribution is 6.27. The molecule has 3 N–H and O–H groups in total. The van der Waals surface area contributed by atoms with Crippen LogP contribution in [0.4, 0.5) is 14.5 Å². The fraction of sp³-hybridized carbons (Fsp3) is 0.136. The number of amides is 2. The molecule has 1 aliphatic rings. The third kappa shape index (κ3) is 3.54. The predicted molar refractivity (Wildman–Crippen MR) is 110 cm³/mol. The quantitative estimate of drug-likeness (QED) is 0.320. The van der Waals surface area contributed by atoms with Gasteiger partial charge in [-0.1, -0.05) is 12.1 Å². The van der Waals surface area contributed by atoms with E-state index < -0.39 is 42.7 Å². The second kappa shape index (κ2) is 8.21. The molecule has 0 saturated heterocycles. The molecule has 2 amide bonds. The number of rotatable bonds is 6. The van der Waals surface area contributed by atoms with Crippen molar-refractivity contribution in [3.8, 4) is 0 Å². The summed E-state index contributed by atoms with van der Waals surface area (Å²) in [4.78, 5) is 26.7. The van der Waals surface area contributed by atoms with Crippen LogP contribution in [0.3, 0.4) is 0 Å². The molecule has 7 nitrogen and oxygen atoms in total. The van der Waals surface area contributed by atoms with Crippen LogP contribution in [0, 0.1) is 11.6 Å². The van der Waals surface area contributed by atoms with Crippen molar-refractivity contribution >= 4 is 34.5 Å². The van der Waals surface area contributed by atoms with Crippen LogP contribution in [0.1, 0.15) is 26.3 Å². The van der Waals surface area contributed by atoms with Crippen molar-refractivity contribution in [1.29, 1.82) is 0 Å². The second-order valence-electron chi connectivity index (χ2n) is 6.92. The fourth-order valence-corrected chi connectivity index (χ4v) is 3.54. The summed E-state index contributed by atoms with van der Waals surface area (Å²) >= 11 is 0. The summed E-state index contributed by atoms with van der Waals surface area (Å²) in [5.74, 6) is -2.70. The summed E-state index contributed by atoms with van der Waals surface area (Å²) in [7, 11) is 0. The van der Waals surface area contributed by atoms with Gasteiger partial charge >= 0.3 is 0 Å². The van der Waals surface area contributed by atoms with E-state index in [9.17, 15) is 28.6 Å². The predicted octanol–water partition coefficient (Wildman–Crippen LogP) is 2.51. The highest BCUT2D eigenvalue weighted by atomic mass is 19.1. The van der Waals surface area contributed by atoms with Crippen LogP contribution >= 0.6 is 0 Å². The number of nitrogens with one attached hydrogen (secondary N) is 1. The molecule has 158 valence electrons. The third-order valence-corrected chi connectivity index (χ3v) is 5.08. The molecular weight excluding hydrogens is 408 g/mol. The number of carbonyl (C=O) groups is 2. The summed E-state index contributed by atoms with van der Waals surface area (Å²) in [5, 5.41) is 23.8. The molecule has 0 aliphatic carbocycles. The molecule has 4 rings (SSSR count). The molecule has 0 radical (unpaired) electrons. The van der Waals surface area contributed by atoms with Gasteiger partial charge in [0, 0.05) is 33.5 Å². The summed E-state index contributed by atoms with van der Waals surface area (Å²) in [6, 6.07) is 10.0. The zero-order chi connectivity index (χ0) is 22.1. The largest absolute Gasteiger partial charge is 0.394 e. The van der Waals surface area contributed by atoms with Crippen molar-refractivity contribution in [2.75, 3.05) is 18.6 Å². The number of anilines is 1. The Hall–Kier alpha value is -3.69. The van der Waals surface area contributed by atoms with E-state index in [4.69, 9.17) is 0 Å². The number of imide groups is 1. The minimum absolute atomic E-state index is 0.0803. The molecule has 0 bridgehead atoms. The Kier molecular flexibility index (Phi) is 5.45. The van der Waals surface area contributed by atoms with Crippen LogP contribution in [0.2, 0.25) is 0 Å². The van der Waals surface area contributed by atoms with Gasteiger partial charge in [-0.05, 0) is 30.3 Å². The Morgan fingerprint density at radius 1 is 1.00 bits per heavy atom. The Balaban J connectivity index is 1.72. The van der Waals surface area contributed by atoms with E-state index in [0.717, 1.165) is 17.0 Å². The lowest BCUT2D eigenvalue weighted by Crippen LogP contribution is -2.50. The smallest absolute Gasteiger partial charge is 0.261 e. The number of hydrazone groups is 1. The first-order valence-corrected chi connectivity index (χ1v) is 9.35. The Bertz CT molecular complexity index is 1200. The van der Waals surface area contributed by atoms with Crippen molar-refractivity contribution in [2.45, 2.75) is 6.04 Å². The number of benzene rings is 3. The Morgan fingerprint density at radius 3 is 2.39 bits per heavy atom. The maximum absolute atomic E-state index is 13.8. The van der Waals surface area contributed by atoms with Crippen molar-refractivity contribution in [3.63, 3.8) is 0 Å². The zero-order valence-corrected chi connectivity index (χ0v) is 16.0. The van der Waals surface area contributed by atoms with E-state index in [-0.39, 0.29) is 16.7 Å². The van der Waals surface area contributed by atoms with Crippen molar-refractivity contribution in [3.05, 3.63) is 76.9 Å². The standard InChI is InChI=1S/C22H17F2N3O4/c23-13-5-4-12(18(24)8-13)9-25-26-19-7-6-17-20-15(19)2-1-3-16(20)21(30)27(22(17)31)14(10-28)11-29/h1-9,14,26,28-29H,10-11H2/b25-9+. The molecule has 0 spiro atoms. The number of nitrogens with zero attached hydrogens (tertiary/aromatic N) is 2. The summed E-state index contributed by atoms with van der Waals surface area (Å²) in [5.41, 5.74) is 3.80. The highest BCUT2D eigenvalue weighted by Gasteiger charge is 2.37. The van der Waals surface area contributed by atoms with Crippen molar-refractivity contribution in [2.24, 2.45) is 5.10 Å². The molecule has 0 atom stereocenters. The van der Waals surface area contributed by atoms with Gasteiger partial charge in [-0.3, -0.25) is 19.9 Å². The SMILES string of the molecule is O=C1c2cccc3c(N/N=C/c4ccc(F)cc4F)ccc(c23)C(=O)N1C(CO)CO. The second-order valence-corrected chi connectivity index (χ2v) is 6.92. The Morgan fingerprint density at radius 2 is 1.71 bits per heavy atom. The molecule has 1 heterocycles. The monoisotopic (exact) mass is 425 g/mol. The summed E-state index contributed by atoms with van der Waals surface area (Å²) < 4.78 is 26.8. The lowest BCUT2D eigenvalue weighted by molar-refractivity contribution is 0.0375. The van der Waals surface area contributed by atoms with Crippen LogP contribution in [0.5, 0.6) is 0 Å². The lowest BCUT2D eigenvalue weighted by atomic mass is 9.92. The van der Waals surface area contributed by atoms with Crippen molar-refractivity contribution < 1.29 is 28.6 Å². The van der Waals surface area contributed by atoms with Crippen molar-refractivity contribution in [1.82, 2.24) is 4.90 Å². The van der Waals surface area contributed by atoms with Crippen LogP contribution in [-0.2, 0) is 0 Å². The normalized spacial score (nSPS) is 13.6. The van der Waals surface area contributed by atoms with Gasteiger partial charge in [0.1, 0.15) is 11.6 Å². The third-order valence-electron chi connectivity index (χ3n) is 5.08. The topological polar surface area (TPSA) is 102 Å². The molecule has 0 aromatic heterocycles. The van der Waals surface area contributed by atoms with Crippen LogP contribution in [0.25, 0.3) is 10.8 Å². The maximum atomic E-state index is 13.8. The minimum atomic E-state index is -1.04. The highest BCUT2D eigenvalue weighted by Crippen LogP contribution is 2.35. The van der Waals surface area contributed by atoms with Gasteiger partial charge in [-0.15, -0.1) is 0 Å². The molecule has 0 fully saturated rings.